The lowest BCUT2D eigenvalue weighted by Crippen LogP contribution is -2.42. The minimum Gasteiger partial charge on any atom is -0.376 e. The van der Waals surface area contributed by atoms with Crippen molar-refractivity contribution < 1.29 is 27.9 Å². The summed E-state index contributed by atoms with van der Waals surface area (Å²) >= 11 is 17.5. The van der Waals surface area contributed by atoms with Gasteiger partial charge in [-0.3, -0.25) is 4.79 Å². The normalized spacial score (nSPS) is 18.4. The van der Waals surface area contributed by atoms with Crippen molar-refractivity contribution in [3.8, 4) is 0 Å². The maximum Gasteiger partial charge on any atom is 0.367 e. The van der Waals surface area contributed by atoms with Gasteiger partial charge >= 0.3 is 5.38 Å². The Labute approximate surface area is 205 Å². The predicted octanol–water partition coefficient (Wildman–Crippen LogP) is 6.74. The zero-order valence-electron chi connectivity index (χ0n) is 18.1. The number of ketones is 1. The van der Waals surface area contributed by atoms with E-state index in [-0.39, 0.29) is 39.9 Å². The molecule has 0 aliphatic carbocycles. The minimum absolute atomic E-state index is 0.00751. The van der Waals surface area contributed by atoms with E-state index in [1.807, 2.05) is 0 Å². The van der Waals surface area contributed by atoms with Gasteiger partial charge in [-0.1, -0.05) is 40.5 Å². The van der Waals surface area contributed by atoms with Crippen molar-refractivity contribution in [2.45, 2.75) is 43.5 Å². The zero-order valence-corrected chi connectivity index (χ0v) is 20.4. The largest absolute Gasteiger partial charge is 0.376 e. The number of oxime groups is 1. The van der Waals surface area contributed by atoms with Crippen LogP contribution in [-0.4, -0.2) is 37.4 Å². The second kappa shape index (κ2) is 10.2. The number of Topliss-reactive ketones (excluding diaryl/α,β-unsaturated/α-hetero) is 1. The van der Waals surface area contributed by atoms with E-state index in [0.717, 1.165) is 0 Å². The summed E-state index contributed by atoms with van der Waals surface area (Å²) in [5.41, 5.74) is -0.296. The first kappa shape index (κ1) is 25.8. The van der Waals surface area contributed by atoms with E-state index in [4.69, 9.17) is 49.1 Å². The van der Waals surface area contributed by atoms with Gasteiger partial charge in [0.05, 0.1) is 5.71 Å². The number of alkyl halides is 3. The first-order valence-electron chi connectivity index (χ1n) is 9.99. The third-order valence-corrected chi connectivity index (χ3v) is 6.25. The SMILES string of the molecule is COC(CCC(=O)c1ccc(C2=NOC(c3cc(Cl)cc(Cl)c3)(C(F)(F)Cl)C2)cc1C)OC. The number of carbonyl (C=O) groups excluding carboxylic acids is 1. The molecule has 1 atom stereocenters. The molecule has 2 aromatic rings. The summed E-state index contributed by atoms with van der Waals surface area (Å²) in [6, 6.07) is 9.04. The molecular formula is C23H22Cl3F2NO4. The van der Waals surface area contributed by atoms with Gasteiger partial charge < -0.3 is 14.3 Å². The fourth-order valence-corrected chi connectivity index (χ4v) is 4.45. The Kier molecular flexibility index (Phi) is 8.02. The van der Waals surface area contributed by atoms with Crippen LogP contribution in [0.3, 0.4) is 0 Å². The molecule has 0 spiro atoms. The molecule has 0 N–H and O–H groups in total. The molecule has 0 aromatic heterocycles. The van der Waals surface area contributed by atoms with E-state index in [1.54, 1.807) is 25.1 Å². The molecule has 1 heterocycles. The lowest BCUT2D eigenvalue weighted by Gasteiger charge is -2.31. The fourth-order valence-electron chi connectivity index (χ4n) is 3.72. The minimum atomic E-state index is -3.81. The van der Waals surface area contributed by atoms with Gasteiger partial charge in [-0.05, 0) is 53.9 Å². The summed E-state index contributed by atoms with van der Waals surface area (Å²) in [5.74, 6) is -0.0852. The van der Waals surface area contributed by atoms with Crippen LogP contribution in [-0.2, 0) is 19.9 Å². The summed E-state index contributed by atoms with van der Waals surface area (Å²) in [4.78, 5) is 17.9. The molecule has 0 fully saturated rings. The number of rotatable bonds is 9. The number of hydrogen-bond acceptors (Lipinski definition) is 5. The lowest BCUT2D eigenvalue weighted by molar-refractivity contribution is -0.155. The van der Waals surface area contributed by atoms with Crippen molar-refractivity contribution in [1.29, 1.82) is 0 Å². The molecule has 5 nitrogen and oxygen atoms in total. The van der Waals surface area contributed by atoms with Crippen LogP contribution in [0.15, 0.2) is 41.6 Å². The van der Waals surface area contributed by atoms with Crippen LogP contribution < -0.4 is 0 Å². The first-order chi connectivity index (χ1) is 15.5. The van der Waals surface area contributed by atoms with Crippen LogP contribution in [0.4, 0.5) is 8.78 Å². The van der Waals surface area contributed by atoms with E-state index in [1.165, 1.54) is 32.4 Å². The Balaban J connectivity index is 1.85. The Bertz CT molecular complexity index is 1050. The maximum absolute atomic E-state index is 14.6. The molecule has 0 radical (unpaired) electrons. The van der Waals surface area contributed by atoms with Crippen molar-refractivity contribution in [2.24, 2.45) is 5.16 Å². The summed E-state index contributed by atoms with van der Waals surface area (Å²) in [7, 11) is 3.01. The van der Waals surface area contributed by atoms with E-state index in [9.17, 15) is 13.6 Å². The van der Waals surface area contributed by atoms with Crippen molar-refractivity contribution in [3.05, 3.63) is 68.7 Å². The number of methoxy groups -OCH3 is 2. The topological polar surface area (TPSA) is 57.1 Å². The van der Waals surface area contributed by atoms with E-state index >= 15 is 0 Å². The van der Waals surface area contributed by atoms with Crippen LogP contribution >= 0.6 is 34.8 Å². The molecule has 0 amide bonds. The van der Waals surface area contributed by atoms with Gasteiger partial charge in [0, 0.05) is 54.7 Å². The van der Waals surface area contributed by atoms with Gasteiger partial charge in [0.1, 0.15) is 0 Å². The van der Waals surface area contributed by atoms with Crippen molar-refractivity contribution in [3.63, 3.8) is 0 Å². The van der Waals surface area contributed by atoms with E-state index < -0.39 is 17.3 Å². The monoisotopic (exact) mass is 519 g/mol. The fraction of sp³-hybridized carbons (Fsp3) is 0.391. The number of hydrogen-bond donors (Lipinski definition) is 0. The van der Waals surface area contributed by atoms with Gasteiger partial charge in [-0.25, -0.2) is 0 Å². The highest BCUT2D eigenvalue weighted by Crippen LogP contribution is 2.51. The molecular weight excluding hydrogens is 499 g/mol. The molecule has 1 unspecified atom stereocenters. The van der Waals surface area contributed by atoms with E-state index in [0.29, 0.717) is 23.1 Å². The Morgan fingerprint density at radius 3 is 2.36 bits per heavy atom. The summed E-state index contributed by atoms with van der Waals surface area (Å²) in [5, 5.41) is 0.427. The van der Waals surface area contributed by atoms with Gasteiger partial charge in [0.2, 0.25) is 5.60 Å². The highest BCUT2D eigenvalue weighted by molar-refractivity contribution is 6.34. The molecule has 178 valence electrons. The first-order valence-corrected chi connectivity index (χ1v) is 11.1. The molecule has 10 heteroatoms. The maximum atomic E-state index is 14.6. The molecule has 2 aromatic carbocycles. The molecule has 1 aliphatic rings. The van der Waals surface area contributed by atoms with Crippen LogP contribution in [0, 0.1) is 6.92 Å². The molecule has 1 aliphatic heterocycles. The zero-order chi connectivity index (χ0) is 24.4. The average molecular weight is 521 g/mol. The third kappa shape index (κ3) is 5.49. The Hall–Kier alpha value is -1.77. The van der Waals surface area contributed by atoms with Gasteiger partial charge in [-0.2, -0.15) is 8.78 Å². The van der Waals surface area contributed by atoms with E-state index in [2.05, 4.69) is 5.16 Å². The third-order valence-electron chi connectivity index (χ3n) is 5.51. The molecule has 0 bridgehead atoms. The highest BCUT2D eigenvalue weighted by atomic mass is 35.5. The average Bonchev–Trinajstić information content (AvgIpc) is 3.20. The number of nitrogens with zero attached hydrogens (tertiary/aromatic N) is 1. The summed E-state index contributed by atoms with van der Waals surface area (Å²) in [6.45, 7) is 1.76. The molecule has 0 saturated heterocycles. The van der Waals surface area contributed by atoms with Crippen molar-refractivity contribution in [2.75, 3.05) is 14.2 Å². The number of aryl methyl sites for hydroxylation is 1. The second-order valence-electron chi connectivity index (χ2n) is 7.68. The van der Waals surface area contributed by atoms with Gasteiger partial charge in [-0.15, -0.1) is 0 Å². The molecule has 33 heavy (non-hydrogen) atoms. The highest BCUT2D eigenvalue weighted by Gasteiger charge is 2.60. The summed E-state index contributed by atoms with van der Waals surface area (Å²) < 4.78 is 39.4. The van der Waals surface area contributed by atoms with Crippen molar-refractivity contribution in [1.82, 2.24) is 0 Å². The number of ether oxygens (including phenoxy) is 2. The smallest absolute Gasteiger partial charge is 0.367 e. The Morgan fingerprint density at radius 2 is 1.82 bits per heavy atom. The van der Waals surface area contributed by atoms with Crippen LogP contribution in [0.1, 0.15) is 46.3 Å². The predicted molar refractivity (Wildman–Crippen MR) is 124 cm³/mol. The molecule has 0 saturated carbocycles. The van der Waals surface area contributed by atoms with Gasteiger partial charge in [0.15, 0.2) is 12.1 Å². The van der Waals surface area contributed by atoms with Crippen LogP contribution in [0.25, 0.3) is 0 Å². The van der Waals surface area contributed by atoms with Crippen molar-refractivity contribution >= 4 is 46.3 Å². The van der Waals surface area contributed by atoms with Gasteiger partial charge in [0.25, 0.3) is 0 Å². The quantitative estimate of drug-likeness (QED) is 0.209. The standard InChI is InChI=1S/C23H22Cl3F2NO4/c1-13-8-14(4-5-18(13)20(30)6-7-21(31-2)32-3)19-12-22(33-29-19,23(26,27)28)15-9-16(24)11-17(25)10-15/h4-5,8-11,21H,6-7,12H2,1-3H3. The Morgan fingerprint density at radius 1 is 1.18 bits per heavy atom. The van der Waals surface area contributed by atoms with Crippen LogP contribution in [0.2, 0.25) is 10.0 Å². The molecule has 3 rings (SSSR count). The number of halogens is 5. The number of carbonyl (C=O) groups is 1. The second-order valence-corrected chi connectivity index (χ2v) is 9.03. The lowest BCUT2D eigenvalue weighted by atomic mass is 9.86. The summed E-state index contributed by atoms with van der Waals surface area (Å²) in [6.07, 6.45) is -0.156. The number of benzene rings is 2. The van der Waals surface area contributed by atoms with Crippen LogP contribution in [0.5, 0.6) is 0 Å².